The van der Waals surface area contributed by atoms with Gasteiger partial charge in [0.05, 0.1) is 29.8 Å². The zero-order valence-electron chi connectivity index (χ0n) is 13.9. The van der Waals surface area contributed by atoms with Gasteiger partial charge in [-0.1, -0.05) is 0 Å². The van der Waals surface area contributed by atoms with Gasteiger partial charge in [0.25, 0.3) is 0 Å². The van der Waals surface area contributed by atoms with E-state index in [1.165, 1.54) is 0 Å². The van der Waals surface area contributed by atoms with Crippen molar-refractivity contribution < 1.29 is 14.6 Å². The number of carbonyl (C=O) groups is 1. The Morgan fingerprint density at radius 2 is 1.88 bits per heavy atom. The molecule has 4 rings (SSSR count). The monoisotopic (exact) mass is 332 g/mol. The van der Waals surface area contributed by atoms with Crippen LogP contribution < -0.4 is 4.74 Å². The molecule has 2 aromatic heterocycles. The molecule has 2 heterocycles. The summed E-state index contributed by atoms with van der Waals surface area (Å²) in [5, 5.41) is 9.67. The largest absolute Gasteiger partial charge is 0.497 e. The maximum absolute atomic E-state index is 11.8. The van der Waals surface area contributed by atoms with Gasteiger partial charge in [0, 0.05) is 23.2 Å². The minimum absolute atomic E-state index is 0.284. The summed E-state index contributed by atoms with van der Waals surface area (Å²) in [5.41, 5.74) is 5.93. The third-order valence-electron chi connectivity index (χ3n) is 4.45. The third-order valence-corrected chi connectivity index (χ3v) is 4.45. The molecule has 25 heavy (non-hydrogen) atoms. The standard InChI is InChI=1S/C20H16N2O3/c1-11-3-8-14-18(21-11)9-15-16(20(23)24)10-17(22-19(14)15)12-4-6-13(25-2)7-5-12/h3-8,10H,9H2,1-2H3,(H,23,24). The number of benzene rings is 1. The second-order valence-corrected chi connectivity index (χ2v) is 6.04. The first kappa shape index (κ1) is 15.3. The normalized spacial score (nSPS) is 11.8. The Labute approximate surface area is 145 Å². The predicted octanol–water partition coefficient (Wildman–Crippen LogP) is 3.73. The summed E-state index contributed by atoms with van der Waals surface area (Å²) in [4.78, 5) is 21.1. The summed E-state index contributed by atoms with van der Waals surface area (Å²) in [5.74, 6) is -0.202. The summed E-state index contributed by atoms with van der Waals surface area (Å²) < 4.78 is 5.18. The molecule has 1 N–H and O–H groups in total. The van der Waals surface area contributed by atoms with Gasteiger partial charge in [-0.05, 0) is 55.0 Å². The van der Waals surface area contributed by atoms with Crippen LogP contribution in [0.2, 0.25) is 0 Å². The fourth-order valence-electron chi connectivity index (χ4n) is 3.20. The molecule has 1 aliphatic rings. The lowest BCUT2D eigenvalue weighted by atomic mass is 10.0. The van der Waals surface area contributed by atoms with Gasteiger partial charge in [0.15, 0.2) is 0 Å². The summed E-state index contributed by atoms with van der Waals surface area (Å²) >= 11 is 0. The Morgan fingerprint density at radius 3 is 2.56 bits per heavy atom. The van der Waals surface area contributed by atoms with Crippen LogP contribution in [0.3, 0.4) is 0 Å². The minimum atomic E-state index is -0.946. The molecule has 124 valence electrons. The van der Waals surface area contributed by atoms with Crippen molar-refractivity contribution in [1.29, 1.82) is 0 Å². The number of methoxy groups -OCH3 is 1. The maximum Gasteiger partial charge on any atom is 0.336 e. The first-order valence-electron chi connectivity index (χ1n) is 7.95. The summed E-state index contributed by atoms with van der Waals surface area (Å²) in [7, 11) is 1.61. The van der Waals surface area contributed by atoms with Gasteiger partial charge >= 0.3 is 5.97 Å². The Bertz CT molecular complexity index is 995. The highest BCUT2D eigenvalue weighted by Gasteiger charge is 2.27. The molecule has 1 aliphatic carbocycles. The number of nitrogens with zero attached hydrogens (tertiary/aromatic N) is 2. The van der Waals surface area contributed by atoms with E-state index in [0.29, 0.717) is 17.8 Å². The highest BCUT2D eigenvalue weighted by atomic mass is 16.5. The number of pyridine rings is 2. The van der Waals surface area contributed by atoms with Gasteiger partial charge in [0.2, 0.25) is 0 Å². The van der Waals surface area contributed by atoms with Crippen molar-refractivity contribution in [3.63, 3.8) is 0 Å². The molecule has 0 aliphatic heterocycles. The molecule has 3 aromatic rings. The van der Waals surface area contributed by atoms with Crippen molar-refractivity contribution in [2.24, 2.45) is 0 Å². The number of aromatic carboxylic acids is 1. The molecule has 5 nitrogen and oxygen atoms in total. The van der Waals surface area contributed by atoms with E-state index in [0.717, 1.165) is 33.8 Å². The van der Waals surface area contributed by atoms with Crippen molar-refractivity contribution >= 4 is 5.97 Å². The van der Waals surface area contributed by atoms with E-state index < -0.39 is 5.97 Å². The number of aryl methyl sites for hydroxylation is 1. The highest BCUT2D eigenvalue weighted by molar-refractivity contribution is 5.95. The number of hydrogen-bond donors (Lipinski definition) is 1. The number of fused-ring (bicyclic) bond motifs is 3. The van der Waals surface area contributed by atoms with Crippen molar-refractivity contribution in [3.05, 3.63) is 65.0 Å². The van der Waals surface area contributed by atoms with E-state index in [1.54, 1.807) is 13.2 Å². The van der Waals surface area contributed by atoms with Gasteiger partial charge in [-0.25, -0.2) is 9.78 Å². The van der Waals surface area contributed by atoms with E-state index in [2.05, 4.69) is 4.98 Å². The van der Waals surface area contributed by atoms with E-state index in [-0.39, 0.29) is 5.56 Å². The Kier molecular flexibility index (Phi) is 3.50. The molecule has 0 fully saturated rings. The van der Waals surface area contributed by atoms with Crippen molar-refractivity contribution in [2.75, 3.05) is 7.11 Å². The molecule has 0 saturated carbocycles. The predicted molar refractivity (Wildman–Crippen MR) is 94.0 cm³/mol. The smallest absolute Gasteiger partial charge is 0.336 e. The topological polar surface area (TPSA) is 72.3 Å². The molecule has 0 atom stereocenters. The van der Waals surface area contributed by atoms with Crippen LogP contribution in [0.4, 0.5) is 0 Å². The first-order valence-corrected chi connectivity index (χ1v) is 7.95. The second kappa shape index (κ2) is 5.70. The number of carboxylic acids is 1. The Morgan fingerprint density at radius 1 is 1.12 bits per heavy atom. The van der Waals surface area contributed by atoms with Gasteiger partial charge in [-0.3, -0.25) is 4.98 Å². The first-order chi connectivity index (χ1) is 12.1. The molecule has 0 spiro atoms. The number of carboxylic acid groups (broad SMARTS) is 1. The molecule has 0 amide bonds. The van der Waals surface area contributed by atoms with E-state index in [4.69, 9.17) is 9.72 Å². The van der Waals surface area contributed by atoms with Gasteiger partial charge in [0.1, 0.15) is 5.75 Å². The van der Waals surface area contributed by atoms with Crippen LogP contribution in [-0.4, -0.2) is 28.2 Å². The van der Waals surface area contributed by atoms with Crippen molar-refractivity contribution in [2.45, 2.75) is 13.3 Å². The molecule has 5 heteroatoms. The van der Waals surface area contributed by atoms with Crippen LogP contribution in [-0.2, 0) is 6.42 Å². The van der Waals surface area contributed by atoms with E-state index in [1.807, 2.05) is 43.3 Å². The number of rotatable bonds is 3. The summed E-state index contributed by atoms with van der Waals surface area (Å²) in [6, 6.07) is 13.0. The molecule has 1 aromatic carbocycles. The van der Waals surface area contributed by atoms with Crippen LogP contribution >= 0.6 is 0 Å². The molecular weight excluding hydrogens is 316 g/mol. The Balaban J connectivity index is 1.91. The SMILES string of the molecule is COc1ccc(-c2cc(C(=O)O)c3c(n2)-c2ccc(C)nc2C3)cc1. The molecule has 0 bridgehead atoms. The molecule has 0 unspecified atom stereocenters. The lowest BCUT2D eigenvalue weighted by molar-refractivity contribution is 0.0696. The zero-order chi connectivity index (χ0) is 17.6. The Hall–Kier alpha value is -3.21. The lowest BCUT2D eigenvalue weighted by Gasteiger charge is -2.09. The molecular formula is C20H16N2O3. The summed E-state index contributed by atoms with van der Waals surface area (Å²) in [6.07, 6.45) is 0.504. The quantitative estimate of drug-likeness (QED) is 0.619. The van der Waals surface area contributed by atoms with Crippen LogP contribution in [0.25, 0.3) is 22.5 Å². The third kappa shape index (κ3) is 2.54. The second-order valence-electron chi connectivity index (χ2n) is 6.04. The van der Waals surface area contributed by atoms with Crippen LogP contribution in [0.5, 0.6) is 5.75 Å². The maximum atomic E-state index is 11.8. The average molecular weight is 332 g/mol. The lowest BCUT2D eigenvalue weighted by Crippen LogP contribution is -2.04. The van der Waals surface area contributed by atoms with Crippen LogP contribution in [0.1, 0.15) is 27.3 Å². The minimum Gasteiger partial charge on any atom is -0.497 e. The molecule has 0 radical (unpaired) electrons. The fourth-order valence-corrected chi connectivity index (χ4v) is 3.20. The van der Waals surface area contributed by atoms with Gasteiger partial charge in [-0.2, -0.15) is 0 Å². The zero-order valence-corrected chi connectivity index (χ0v) is 13.9. The van der Waals surface area contributed by atoms with Crippen LogP contribution in [0.15, 0.2) is 42.5 Å². The van der Waals surface area contributed by atoms with Gasteiger partial charge < -0.3 is 9.84 Å². The average Bonchev–Trinajstić information content (AvgIpc) is 2.98. The van der Waals surface area contributed by atoms with Crippen LogP contribution in [0, 0.1) is 6.92 Å². The van der Waals surface area contributed by atoms with E-state index >= 15 is 0 Å². The molecule has 0 saturated heterocycles. The number of aromatic nitrogens is 2. The number of ether oxygens (including phenoxy) is 1. The van der Waals surface area contributed by atoms with E-state index in [9.17, 15) is 9.90 Å². The van der Waals surface area contributed by atoms with Crippen molar-refractivity contribution in [1.82, 2.24) is 9.97 Å². The van der Waals surface area contributed by atoms with Gasteiger partial charge in [-0.15, -0.1) is 0 Å². The summed E-state index contributed by atoms with van der Waals surface area (Å²) in [6.45, 7) is 1.93. The fraction of sp³-hybridized carbons (Fsp3) is 0.150. The number of hydrogen-bond acceptors (Lipinski definition) is 4. The van der Waals surface area contributed by atoms with Crippen molar-refractivity contribution in [3.8, 4) is 28.3 Å². The highest BCUT2D eigenvalue weighted by Crippen LogP contribution is 2.38.